The van der Waals surface area contributed by atoms with Gasteiger partial charge >= 0.3 is 0 Å². The Kier molecular flexibility index (Phi) is 8.21. The first-order valence-corrected chi connectivity index (χ1v) is 6.20. The SMILES string of the molecule is CCNC(=O)C(C)NCCCN(C)C(C)C. The van der Waals surface area contributed by atoms with Crippen LogP contribution < -0.4 is 10.6 Å². The van der Waals surface area contributed by atoms with Crippen molar-refractivity contribution in [3.8, 4) is 0 Å². The molecule has 2 N–H and O–H groups in total. The summed E-state index contributed by atoms with van der Waals surface area (Å²) in [5.74, 6) is 0.0831. The summed E-state index contributed by atoms with van der Waals surface area (Å²) < 4.78 is 0. The van der Waals surface area contributed by atoms with Crippen LogP contribution in [0.15, 0.2) is 0 Å². The Labute approximate surface area is 99.8 Å². The summed E-state index contributed by atoms with van der Waals surface area (Å²) in [5.41, 5.74) is 0. The maximum Gasteiger partial charge on any atom is 0.236 e. The van der Waals surface area contributed by atoms with Crippen molar-refractivity contribution in [3.63, 3.8) is 0 Å². The van der Waals surface area contributed by atoms with Crippen LogP contribution in [-0.4, -0.2) is 49.6 Å². The summed E-state index contributed by atoms with van der Waals surface area (Å²) >= 11 is 0. The number of carbonyl (C=O) groups is 1. The Morgan fingerprint density at radius 1 is 1.31 bits per heavy atom. The van der Waals surface area contributed by atoms with E-state index in [1.807, 2.05) is 13.8 Å². The highest BCUT2D eigenvalue weighted by Gasteiger charge is 2.10. The summed E-state index contributed by atoms with van der Waals surface area (Å²) in [6, 6.07) is 0.491. The Morgan fingerprint density at radius 2 is 1.94 bits per heavy atom. The fourth-order valence-corrected chi connectivity index (χ4v) is 1.33. The van der Waals surface area contributed by atoms with Gasteiger partial charge in [-0.2, -0.15) is 0 Å². The maximum absolute atomic E-state index is 11.4. The van der Waals surface area contributed by atoms with E-state index in [4.69, 9.17) is 0 Å². The maximum atomic E-state index is 11.4. The van der Waals surface area contributed by atoms with Crippen LogP contribution in [0, 0.1) is 0 Å². The van der Waals surface area contributed by atoms with Crippen LogP contribution in [0.5, 0.6) is 0 Å². The molecular formula is C12H27N3O. The molecule has 0 aliphatic carbocycles. The third-order valence-electron chi connectivity index (χ3n) is 2.76. The molecule has 1 atom stereocenters. The molecule has 0 heterocycles. The molecule has 4 heteroatoms. The van der Waals surface area contributed by atoms with Gasteiger partial charge in [0, 0.05) is 12.6 Å². The molecule has 0 rings (SSSR count). The molecule has 0 fully saturated rings. The summed E-state index contributed by atoms with van der Waals surface area (Å²) in [7, 11) is 2.12. The number of nitrogens with zero attached hydrogens (tertiary/aromatic N) is 1. The van der Waals surface area contributed by atoms with Gasteiger partial charge in [0.1, 0.15) is 0 Å². The summed E-state index contributed by atoms with van der Waals surface area (Å²) in [6.07, 6.45) is 1.07. The van der Waals surface area contributed by atoms with Crippen LogP contribution in [-0.2, 0) is 4.79 Å². The molecule has 96 valence electrons. The quantitative estimate of drug-likeness (QED) is 0.606. The zero-order valence-electron chi connectivity index (χ0n) is 11.3. The van der Waals surface area contributed by atoms with Crippen molar-refractivity contribution < 1.29 is 4.79 Å². The van der Waals surface area contributed by atoms with Crippen LogP contribution >= 0.6 is 0 Å². The van der Waals surface area contributed by atoms with Crippen molar-refractivity contribution in [1.82, 2.24) is 15.5 Å². The summed E-state index contributed by atoms with van der Waals surface area (Å²) in [6.45, 7) is 10.8. The highest BCUT2D eigenvalue weighted by atomic mass is 16.2. The van der Waals surface area contributed by atoms with Crippen molar-refractivity contribution >= 4 is 5.91 Å². The van der Waals surface area contributed by atoms with E-state index < -0.39 is 0 Å². The van der Waals surface area contributed by atoms with Crippen LogP contribution in [0.25, 0.3) is 0 Å². The molecule has 0 radical (unpaired) electrons. The minimum absolute atomic E-state index is 0.0831. The largest absolute Gasteiger partial charge is 0.355 e. The Morgan fingerprint density at radius 3 is 2.44 bits per heavy atom. The van der Waals surface area contributed by atoms with E-state index in [9.17, 15) is 4.79 Å². The molecule has 0 spiro atoms. The molecule has 0 aliphatic rings. The van der Waals surface area contributed by atoms with Gasteiger partial charge in [0.25, 0.3) is 0 Å². The average molecular weight is 229 g/mol. The van der Waals surface area contributed by atoms with Crippen molar-refractivity contribution in [3.05, 3.63) is 0 Å². The fourth-order valence-electron chi connectivity index (χ4n) is 1.33. The van der Waals surface area contributed by atoms with Crippen molar-refractivity contribution in [1.29, 1.82) is 0 Å². The monoisotopic (exact) mass is 229 g/mol. The van der Waals surface area contributed by atoms with Gasteiger partial charge in [-0.1, -0.05) is 0 Å². The Bertz CT molecular complexity index is 195. The standard InChI is InChI=1S/C12H27N3O/c1-6-13-12(16)11(4)14-8-7-9-15(5)10(2)3/h10-11,14H,6-9H2,1-5H3,(H,13,16). The van der Waals surface area contributed by atoms with Gasteiger partial charge in [0.05, 0.1) is 6.04 Å². The van der Waals surface area contributed by atoms with E-state index in [0.717, 1.165) is 19.5 Å². The summed E-state index contributed by atoms with van der Waals surface area (Å²) in [5, 5.41) is 6.02. The van der Waals surface area contributed by atoms with E-state index in [2.05, 4.69) is 36.4 Å². The fraction of sp³-hybridized carbons (Fsp3) is 0.917. The minimum atomic E-state index is -0.0932. The predicted octanol–water partition coefficient (Wildman–Crippen LogP) is 0.831. The van der Waals surface area contributed by atoms with E-state index in [0.29, 0.717) is 12.6 Å². The smallest absolute Gasteiger partial charge is 0.236 e. The van der Waals surface area contributed by atoms with Crippen LogP contribution in [0.2, 0.25) is 0 Å². The first kappa shape index (κ1) is 15.4. The first-order valence-electron chi connectivity index (χ1n) is 6.20. The molecular weight excluding hydrogens is 202 g/mol. The lowest BCUT2D eigenvalue weighted by Gasteiger charge is -2.21. The zero-order valence-corrected chi connectivity index (χ0v) is 11.3. The summed E-state index contributed by atoms with van der Waals surface area (Å²) in [4.78, 5) is 13.7. The number of rotatable bonds is 8. The van der Waals surface area contributed by atoms with Gasteiger partial charge in [0.15, 0.2) is 0 Å². The molecule has 0 bridgehead atoms. The lowest BCUT2D eigenvalue weighted by molar-refractivity contribution is -0.122. The molecule has 0 aromatic carbocycles. The predicted molar refractivity (Wildman–Crippen MR) is 68.5 cm³/mol. The number of likely N-dealkylation sites (N-methyl/N-ethyl adjacent to an activating group) is 1. The number of carbonyl (C=O) groups excluding carboxylic acids is 1. The lowest BCUT2D eigenvalue weighted by atomic mass is 10.2. The van der Waals surface area contributed by atoms with E-state index in [1.54, 1.807) is 0 Å². The second-order valence-electron chi connectivity index (χ2n) is 4.50. The number of amides is 1. The Balaban J connectivity index is 3.55. The molecule has 0 saturated heterocycles. The van der Waals surface area contributed by atoms with Gasteiger partial charge in [-0.3, -0.25) is 4.79 Å². The Hall–Kier alpha value is -0.610. The molecule has 1 amide bonds. The van der Waals surface area contributed by atoms with Crippen molar-refractivity contribution in [2.75, 3.05) is 26.7 Å². The van der Waals surface area contributed by atoms with E-state index in [1.165, 1.54) is 0 Å². The van der Waals surface area contributed by atoms with Gasteiger partial charge in [-0.15, -0.1) is 0 Å². The van der Waals surface area contributed by atoms with Gasteiger partial charge in [-0.05, 0) is 54.3 Å². The van der Waals surface area contributed by atoms with Gasteiger partial charge in [-0.25, -0.2) is 0 Å². The normalized spacial score (nSPS) is 13.2. The number of nitrogens with one attached hydrogen (secondary N) is 2. The van der Waals surface area contributed by atoms with Crippen molar-refractivity contribution in [2.45, 2.75) is 46.2 Å². The average Bonchev–Trinajstić information content (AvgIpc) is 2.23. The van der Waals surface area contributed by atoms with Crippen LogP contribution in [0.1, 0.15) is 34.1 Å². The number of hydrogen-bond acceptors (Lipinski definition) is 3. The molecule has 1 unspecified atom stereocenters. The van der Waals surface area contributed by atoms with Crippen molar-refractivity contribution in [2.24, 2.45) is 0 Å². The topological polar surface area (TPSA) is 44.4 Å². The van der Waals surface area contributed by atoms with Crippen LogP contribution in [0.3, 0.4) is 0 Å². The van der Waals surface area contributed by atoms with Crippen LogP contribution in [0.4, 0.5) is 0 Å². The molecule has 0 saturated carbocycles. The third kappa shape index (κ3) is 6.80. The molecule has 0 aliphatic heterocycles. The van der Waals surface area contributed by atoms with Gasteiger partial charge in [0.2, 0.25) is 5.91 Å². The molecule has 4 nitrogen and oxygen atoms in total. The van der Waals surface area contributed by atoms with E-state index in [-0.39, 0.29) is 11.9 Å². The molecule has 16 heavy (non-hydrogen) atoms. The first-order chi connectivity index (χ1) is 7.49. The zero-order chi connectivity index (χ0) is 12.6. The lowest BCUT2D eigenvalue weighted by Crippen LogP contribution is -2.43. The third-order valence-corrected chi connectivity index (χ3v) is 2.76. The minimum Gasteiger partial charge on any atom is -0.355 e. The number of hydrogen-bond donors (Lipinski definition) is 2. The highest BCUT2D eigenvalue weighted by molar-refractivity contribution is 5.81. The van der Waals surface area contributed by atoms with E-state index >= 15 is 0 Å². The molecule has 0 aromatic heterocycles. The molecule has 0 aromatic rings. The van der Waals surface area contributed by atoms with Gasteiger partial charge < -0.3 is 15.5 Å². The second-order valence-corrected chi connectivity index (χ2v) is 4.50. The second kappa shape index (κ2) is 8.53. The highest BCUT2D eigenvalue weighted by Crippen LogP contribution is 1.94.